The Morgan fingerprint density at radius 1 is 1.00 bits per heavy atom. The number of carbonyl (C=O) groups is 1. The van der Waals surface area contributed by atoms with E-state index in [4.69, 9.17) is 4.98 Å². The van der Waals surface area contributed by atoms with Crippen LogP contribution in [-0.4, -0.2) is 20.9 Å². The summed E-state index contributed by atoms with van der Waals surface area (Å²) in [6.45, 7) is 2.10. The Bertz CT molecular complexity index is 1410. The van der Waals surface area contributed by atoms with Crippen molar-refractivity contribution in [3.8, 4) is 11.4 Å². The number of H-pyrrole nitrogens is 1. The SMILES string of the molecule is Cc1ccc2[nH]c(-c3ccc4ccccc4n3)c(CCCC(=O)Nc3ccccn3)c2c1. The number of fused-ring (bicyclic) bond motifs is 2. The fraction of sp³-hybridized carbons (Fsp3) is 0.148. The first-order valence-corrected chi connectivity index (χ1v) is 10.9. The zero-order valence-electron chi connectivity index (χ0n) is 17.9. The van der Waals surface area contributed by atoms with Crippen LogP contribution in [0.25, 0.3) is 33.2 Å². The number of nitrogens with one attached hydrogen (secondary N) is 2. The van der Waals surface area contributed by atoms with Crippen LogP contribution >= 0.6 is 0 Å². The molecule has 1 amide bonds. The van der Waals surface area contributed by atoms with Gasteiger partial charge in [-0.2, -0.15) is 0 Å². The van der Waals surface area contributed by atoms with Crippen LogP contribution in [0.3, 0.4) is 0 Å². The van der Waals surface area contributed by atoms with Crippen LogP contribution in [0.1, 0.15) is 24.0 Å². The summed E-state index contributed by atoms with van der Waals surface area (Å²) in [5.74, 6) is 0.561. The quantitative estimate of drug-likeness (QED) is 0.351. The van der Waals surface area contributed by atoms with Gasteiger partial charge in [0, 0.05) is 28.9 Å². The molecule has 5 rings (SSSR count). The van der Waals surface area contributed by atoms with Gasteiger partial charge in [-0.3, -0.25) is 4.79 Å². The highest BCUT2D eigenvalue weighted by Crippen LogP contribution is 2.32. The lowest BCUT2D eigenvalue weighted by Gasteiger charge is -2.07. The molecule has 2 N–H and O–H groups in total. The molecule has 3 heterocycles. The molecular formula is C27H24N4O. The zero-order valence-corrected chi connectivity index (χ0v) is 17.9. The molecule has 5 aromatic rings. The Balaban J connectivity index is 1.43. The lowest BCUT2D eigenvalue weighted by Crippen LogP contribution is -2.12. The van der Waals surface area contributed by atoms with Crippen LogP contribution < -0.4 is 5.32 Å². The number of anilines is 1. The number of rotatable bonds is 6. The summed E-state index contributed by atoms with van der Waals surface area (Å²) < 4.78 is 0. The van der Waals surface area contributed by atoms with Crippen LogP contribution in [0.4, 0.5) is 5.82 Å². The number of aromatic nitrogens is 3. The molecule has 2 aromatic carbocycles. The third-order valence-corrected chi connectivity index (χ3v) is 5.68. The number of amides is 1. The number of benzene rings is 2. The van der Waals surface area contributed by atoms with E-state index < -0.39 is 0 Å². The summed E-state index contributed by atoms with van der Waals surface area (Å²) in [7, 11) is 0. The molecule has 0 saturated carbocycles. The van der Waals surface area contributed by atoms with Crippen LogP contribution in [-0.2, 0) is 11.2 Å². The lowest BCUT2D eigenvalue weighted by atomic mass is 10.0. The normalized spacial score (nSPS) is 11.2. The average molecular weight is 421 g/mol. The van der Waals surface area contributed by atoms with Gasteiger partial charge in [-0.05, 0) is 61.7 Å². The van der Waals surface area contributed by atoms with E-state index in [2.05, 4.69) is 58.6 Å². The highest BCUT2D eigenvalue weighted by molar-refractivity contribution is 5.92. The summed E-state index contributed by atoms with van der Waals surface area (Å²) in [5.41, 5.74) is 6.43. The summed E-state index contributed by atoms with van der Waals surface area (Å²) in [6, 6.07) is 24.2. The summed E-state index contributed by atoms with van der Waals surface area (Å²) in [5, 5.41) is 5.18. The van der Waals surface area contributed by atoms with E-state index in [1.54, 1.807) is 12.3 Å². The standard InChI is InChI=1S/C27H24N4O/c1-18-12-14-23-21(17-18)20(8-6-11-26(32)31-25-10-4-5-16-28-25)27(30-23)24-15-13-19-7-2-3-9-22(19)29-24/h2-5,7,9-10,12-17,30H,6,8,11H2,1H3,(H,28,31,32). The predicted molar refractivity (Wildman–Crippen MR) is 130 cm³/mol. The molecular weight excluding hydrogens is 396 g/mol. The predicted octanol–water partition coefficient (Wildman–Crippen LogP) is 6.05. The van der Waals surface area contributed by atoms with Crippen molar-refractivity contribution >= 4 is 33.5 Å². The number of para-hydroxylation sites is 1. The van der Waals surface area contributed by atoms with Gasteiger partial charge in [0.25, 0.3) is 0 Å². The van der Waals surface area contributed by atoms with Gasteiger partial charge in [-0.25, -0.2) is 9.97 Å². The molecule has 0 saturated heterocycles. The van der Waals surface area contributed by atoms with Gasteiger partial charge in [0.2, 0.25) is 5.91 Å². The number of hydrogen-bond acceptors (Lipinski definition) is 3. The molecule has 0 radical (unpaired) electrons. The van der Waals surface area contributed by atoms with Gasteiger partial charge in [-0.15, -0.1) is 0 Å². The molecule has 3 aromatic heterocycles. The van der Waals surface area contributed by atoms with E-state index in [-0.39, 0.29) is 5.91 Å². The Kier molecular flexibility index (Phi) is 5.38. The van der Waals surface area contributed by atoms with Crippen LogP contribution in [0.15, 0.2) is 79.0 Å². The van der Waals surface area contributed by atoms with Crippen LogP contribution in [0.5, 0.6) is 0 Å². The minimum Gasteiger partial charge on any atom is -0.353 e. The highest BCUT2D eigenvalue weighted by atomic mass is 16.1. The van der Waals surface area contributed by atoms with Crippen molar-refractivity contribution in [1.82, 2.24) is 15.0 Å². The Morgan fingerprint density at radius 2 is 1.88 bits per heavy atom. The molecule has 32 heavy (non-hydrogen) atoms. The van der Waals surface area contributed by atoms with E-state index in [1.807, 2.05) is 30.3 Å². The van der Waals surface area contributed by atoms with Gasteiger partial charge in [0.1, 0.15) is 5.82 Å². The Labute approximate surface area is 186 Å². The Morgan fingerprint density at radius 3 is 2.75 bits per heavy atom. The molecule has 0 atom stereocenters. The first-order valence-electron chi connectivity index (χ1n) is 10.9. The van der Waals surface area contributed by atoms with Gasteiger partial charge in [0.05, 0.1) is 16.9 Å². The second-order valence-electron chi connectivity index (χ2n) is 8.03. The third-order valence-electron chi connectivity index (χ3n) is 5.68. The van der Waals surface area contributed by atoms with E-state index in [0.717, 1.165) is 40.6 Å². The number of aryl methyl sites for hydroxylation is 2. The maximum absolute atomic E-state index is 12.4. The first-order chi connectivity index (χ1) is 15.7. The number of aromatic amines is 1. The third kappa shape index (κ3) is 4.10. The zero-order chi connectivity index (χ0) is 21.9. The van der Waals surface area contributed by atoms with E-state index in [0.29, 0.717) is 12.2 Å². The first kappa shape index (κ1) is 19.9. The topological polar surface area (TPSA) is 70.7 Å². The molecule has 0 aliphatic carbocycles. The molecule has 0 aliphatic heterocycles. The fourth-order valence-electron chi connectivity index (χ4n) is 4.11. The number of nitrogens with zero attached hydrogens (tertiary/aromatic N) is 2. The van der Waals surface area contributed by atoms with Gasteiger partial charge >= 0.3 is 0 Å². The second-order valence-corrected chi connectivity index (χ2v) is 8.03. The maximum atomic E-state index is 12.4. The molecule has 5 nitrogen and oxygen atoms in total. The van der Waals surface area contributed by atoms with E-state index >= 15 is 0 Å². The van der Waals surface area contributed by atoms with Gasteiger partial charge in [0.15, 0.2) is 0 Å². The number of hydrogen-bond donors (Lipinski definition) is 2. The smallest absolute Gasteiger partial charge is 0.225 e. The number of pyridine rings is 2. The van der Waals surface area contributed by atoms with Crippen molar-refractivity contribution in [3.05, 3.63) is 90.1 Å². The van der Waals surface area contributed by atoms with E-state index in [1.165, 1.54) is 16.5 Å². The second kappa shape index (κ2) is 8.63. The maximum Gasteiger partial charge on any atom is 0.225 e. The van der Waals surface area contributed by atoms with Crippen molar-refractivity contribution < 1.29 is 4.79 Å². The molecule has 0 spiro atoms. The van der Waals surface area contributed by atoms with Crippen LogP contribution in [0.2, 0.25) is 0 Å². The molecule has 5 heteroatoms. The molecule has 0 aliphatic rings. The molecule has 0 unspecified atom stereocenters. The van der Waals surface area contributed by atoms with E-state index in [9.17, 15) is 4.79 Å². The molecule has 0 fully saturated rings. The van der Waals surface area contributed by atoms with Gasteiger partial charge in [-0.1, -0.05) is 42.0 Å². The van der Waals surface area contributed by atoms with Crippen molar-refractivity contribution in [2.75, 3.05) is 5.32 Å². The summed E-state index contributed by atoms with van der Waals surface area (Å²) in [6.07, 6.45) is 3.62. The van der Waals surface area contributed by atoms with Crippen molar-refractivity contribution in [1.29, 1.82) is 0 Å². The summed E-state index contributed by atoms with van der Waals surface area (Å²) >= 11 is 0. The minimum absolute atomic E-state index is 0.0231. The highest BCUT2D eigenvalue weighted by Gasteiger charge is 2.15. The summed E-state index contributed by atoms with van der Waals surface area (Å²) in [4.78, 5) is 25.0. The van der Waals surface area contributed by atoms with Crippen molar-refractivity contribution in [2.24, 2.45) is 0 Å². The van der Waals surface area contributed by atoms with Crippen molar-refractivity contribution in [3.63, 3.8) is 0 Å². The van der Waals surface area contributed by atoms with Crippen LogP contribution in [0, 0.1) is 6.92 Å². The monoisotopic (exact) mass is 420 g/mol. The molecule has 158 valence electrons. The van der Waals surface area contributed by atoms with Gasteiger partial charge < -0.3 is 10.3 Å². The van der Waals surface area contributed by atoms with Crippen molar-refractivity contribution in [2.45, 2.75) is 26.2 Å². The average Bonchev–Trinajstić information content (AvgIpc) is 3.17. The lowest BCUT2D eigenvalue weighted by molar-refractivity contribution is -0.116. The molecule has 0 bridgehead atoms. The largest absolute Gasteiger partial charge is 0.353 e. The Hall–Kier alpha value is -3.99. The minimum atomic E-state index is -0.0231. The number of carbonyl (C=O) groups excluding carboxylic acids is 1. The fourth-order valence-corrected chi connectivity index (χ4v) is 4.11.